The van der Waals surface area contributed by atoms with Crippen LogP contribution in [0.1, 0.15) is 44.7 Å². The van der Waals surface area contributed by atoms with E-state index >= 15 is 0 Å². The highest BCUT2D eigenvalue weighted by Crippen LogP contribution is 2.33. The Morgan fingerprint density at radius 1 is 1.29 bits per heavy atom. The predicted octanol–water partition coefficient (Wildman–Crippen LogP) is 3.88. The van der Waals surface area contributed by atoms with Crippen molar-refractivity contribution in [2.75, 3.05) is 12.4 Å². The molecule has 1 aliphatic rings. The lowest BCUT2D eigenvalue weighted by molar-refractivity contribution is -0.141. The van der Waals surface area contributed by atoms with E-state index in [-0.39, 0.29) is 17.9 Å². The van der Waals surface area contributed by atoms with E-state index in [9.17, 15) is 13.2 Å². The van der Waals surface area contributed by atoms with Crippen LogP contribution in [0.5, 0.6) is 5.88 Å². The van der Waals surface area contributed by atoms with Crippen molar-refractivity contribution in [3.63, 3.8) is 0 Å². The molecule has 0 spiro atoms. The fraction of sp³-hybridized carbons (Fsp3) is 0.714. The fourth-order valence-electron chi connectivity index (χ4n) is 2.69. The van der Waals surface area contributed by atoms with Crippen molar-refractivity contribution in [3.05, 3.63) is 11.8 Å². The van der Waals surface area contributed by atoms with Crippen molar-refractivity contribution >= 4 is 5.95 Å². The number of aromatic nitrogens is 2. The lowest BCUT2D eigenvalue weighted by Gasteiger charge is -2.30. The summed E-state index contributed by atoms with van der Waals surface area (Å²) in [7, 11) is 1.48. The van der Waals surface area contributed by atoms with Crippen LogP contribution in [0, 0.1) is 5.92 Å². The second-order valence-corrected chi connectivity index (χ2v) is 5.27. The lowest BCUT2D eigenvalue weighted by Crippen LogP contribution is -2.30. The molecule has 1 heterocycles. The fourth-order valence-corrected chi connectivity index (χ4v) is 2.69. The lowest BCUT2D eigenvalue weighted by atomic mass is 9.85. The van der Waals surface area contributed by atoms with E-state index in [0.29, 0.717) is 5.92 Å². The Bertz CT molecular complexity index is 479. The van der Waals surface area contributed by atoms with Gasteiger partial charge in [-0.25, -0.2) is 4.98 Å². The van der Waals surface area contributed by atoms with Crippen molar-refractivity contribution in [1.29, 1.82) is 0 Å². The smallest absolute Gasteiger partial charge is 0.433 e. The summed E-state index contributed by atoms with van der Waals surface area (Å²) in [5.74, 6) is 0.289. The van der Waals surface area contributed by atoms with E-state index in [0.717, 1.165) is 38.2 Å². The summed E-state index contributed by atoms with van der Waals surface area (Å²) in [4.78, 5) is 7.41. The normalized spacial score (nSPS) is 22.9. The maximum absolute atomic E-state index is 12.8. The molecule has 21 heavy (non-hydrogen) atoms. The van der Waals surface area contributed by atoms with Gasteiger partial charge in [-0.3, -0.25) is 0 Å². The standard InChI is InChI=1S/C14H20F3N3O/c1-3-9-6-4-5-7-10(9)21-12-8-11(14(15,16)17)19-13(18-2)20-12/h8-10H,3-7H2,1-2H3,(H,18,19,20). The Hall–Kier alpha value is -1.53. The number of anilines is 1. The van der Waals surface area contributed by atoms with Crippen LogP contribution >= 0.6 is 0 Å². The van der Waals surface area contributed by atoms with Crippen LogP contribution in [-0.2, 0) is 6.18 Å². The summed E-state index contributed by atoms with van der Waals surface area (Å²) in [6.45, 7) is 2.08. The van der Waals surface area contributed by atoms with Gasteiger partial charge in [0.15, 0.2) is 5.69 Å². The molecule has 0 aliphatic heterocycles. The van der Waals surface area contributed by atoms with Crippen LogP contribution in [0.3, 0.4) is 0 Å². The third-order valence-electron chi connectivity index (χ3n) is 3.85. The van der Waals surface area contributed by atoms with E-state index in [1.165, 1.54) is 7.05 Å². The van der Waals surface area contributed by atoms with Crippen LogP contribution in [0.2, 0.25) is 0 Å². The first-order chi connectivity index (χ1) is 9.94. The Morgan fingerprint density at radius 2 is 2.00 bits per heavy atom. The minimum Gasteiger partial charge on any atom is -0.474 e. The number of nitrogens with one attached hydrogen (secondary N) is 1. The van der Waals surface area contributed by atoms with Crippen LogP contribution in [0.25, 0.3) is 0 Å². The number of rotatable bonds is 4. The third-order valence-corrected chi connectivity index (χ3v) is 3.85. The zero-order valence-corrected chi connectivity index (χ0v) is 12.2. The van der Waals surface area contributed by atoms with Gasteiger partial charge in [-0.05, 0) is 31.6 Å². The predicted molar refractivity (Wildman–Crippen MR) is 73.2 cm³/mol. The van der Waals surface area contributed by atoms with Crippen LogP contribution in [-0.4, -0.2) is 23.1 Å². The number of hydrogen-bond donors (Lipinski definition) is 1. The maximum atomic E-state index is 12.8. The van der Waals surface area contributed by atoms with Gasteiger partial charge < -0.3 is 10.1 Å². The number of nitrogens with zero attached hydrogens (tertiary/aromatic N) is 2. The number of alkyl halides is 3. The second kappa shape index (κ2) is 6.49. The molecule has 0 radical (unpaired) electrons. The van der Waals surface area contributed by atoms with E-state index in [1.54, 1.807) is 0 Å². The zero-order chi connectivity index (χ0) is 15.5. The largest absolute Gasteiger partial charge is 0.474 e. The molecule has 1 fully saturated rings. The van der Waals surface area contributed by atoms with Crippen LogP contribution < -0.4 is 10.1 Å². The Kier molecular flexibility index (Phi) is 4.90. The molecule has 0 saturated heterocycles. The molecule has 0 aromatic carbocycles. The molecule has 4 nitrogen and oxygen atoms in total. The van der Waals surface area contributed by atoms with Gasteiger partial charge in [0.1, 0.15) is 6.10 Å². The van der Waals surface area contributed by atoms with Crippen LogP contribution in [0.4, 0.5) is 19.1 Å². The molecule has 2 rings (SSSR count). The topological polar surface area (TPSA) is 47.0 Å². The van der Waals surface area contributed by atoms with Gasteiger partial charge in [0.25, 0.3) is 0 Å². The first kappa shape index (κ1) is 15.9. The summed E-state index contributed by atoms with van der Waals surface area (Å²) >= 11 is 0. The molecule has 2 unspecified atom stereocenters. The number of halogens is 3. The molecular formula is C14H20F3N3O. The SMILES string of the molecule is CCC1CCCCC1Oc1cc(C(F)(F)F)nc(NC)n1. The van der Waals surface area contributed by atoms with Gasteiger partial charge in [-0.15, -0.1) is 0 Å². The third kappa shape index (κ3) is 3.98. The Morgan fingerprint density at radius 3 is 2.62 bits per heavy atom. The van der Waals surface area contributed by atoms with Crippen molar-refractivity contribution < 1.29 is 17.9 Å². The Labute approximate surface area is 122 Å². The molecule has 0 bridgehead atoms. The molecular weight excluding hydrogens is 283 g/mol. The highest BCUT2D eigenvalue weighted by molar-refractivity contribution is 5.31. The molecule has 0 amide bonds. The quantitative estimate of drug-likeness (QED) is 0.917. The molecule has 1 aromatic heterocycles. The monoisotopic (exact) mass is 303 g/mol. The van der Waals surface area contributed by atoms with Gasteiger partial charge in [0.05, 0.1) is 0 Å². The molecule has 1 N–H and O–H groups in total. The maximum Gasteiger partial charge on any atom is 0.433 e. The minimum atomic E-state index is -4.51. The zero-order valence-electron chi connectivity index (χ0n) is 12.2. The van der Waals surface area contributed by atoms with Crippen molar-refractivity contribution in [2.45, 2.75) is 51.3 Å². The van der Waals surface area contributed by atoms with E-state index in [1.807, 2.05) is 0 Å². The van der Waals surface area contributed by atoms with Gasteiger partial charge in [-0.1, -0.05) is 13.3 Å². The summed E-state index contributed by atoms with van der Waals surface area (Å²) in [6, 6.07) is 0.877. The molecule has 1 aliphatic carbocycles. The van der Waals surface area contributed by atoms with Crippen molar-refractivity contribution in [2.24, 2.45) is 5.92 Å². The first-order valence-corrected chi connectivity index (χ1v) is 7.24. The average molecular weight is 303 g/mol. The molecule has 2 atom stereocenters. The first-order valence-electron chi connectivity index (χ1n) is 7.24. The molecule has 7 heteroatoms. The average Bonchev–Trinajstić information content (AvgIpc) is 2.46. The Balaban J connectivity index is 2.22. The highest BCUT2D eigenvalue weighted by Gasteiger charge is 2.34. The van der Waals surface area contributed by atoms with E-state index < -0.39 is 11.9 Å². The van der Waals surface area contributed by atoms with Crippen molar-refractivity contribution in [1.82, 2.24) is 9.97 Å². The van der Waals surface area contributed by atoms with Gasteiger partial charge in [0.2, 0.25) is 11.8 Å². The van der Waals surface area contributed by atoms with Crippen LogP contribution in [0.15, 0.2) is 6.07 Å². The van der Waals surface area contributed by atoms with E-state index in [4.69, 9.17) is 4.74 Å². The highest BCUT2D eigenvalue weighted by atomic mass is 19.4. The molecule has 118 valence electrons. The second-order valence-electron chi connectivity index (χ2n) is 5.27. The summed E-state index contributed by atoms with van der Waals surface area (Å²) in [5, 5.41) is 2.54. The summed E-state index contributed by atoms with van der Waals surface area (Å²) in [5.41, 5.74) is -0.985. The number of ether oxygens (including phenoxy) is 1. The molecule has 1 aromatic rings. The van der Waals surface area contributed by atoms with Gasteiger partial charge in [-0.2, -0.15) is 18.2 Å². The molecule has 1 saturated carbocycles. The van der Waals surface area contributed by atoms with Gasteiger partial charge >= 0.3 is 6.18 Å². The summed E-state index contributed by atoms with van der Waals surface area (Å²) in [6.07, 6.45) is 0.485. The van der Waals surface area contributed by atoms with Gasteiger partial charge in [0, 0.05) is 13.1 Å². The van der Waals surface area contributed by atoms with Crippen molar-refractivity contribution in [3.8, 4) is 5.88 Å². The minimum absolute atomic E-state index is 0.00738. The number of hydrogen-bond acceptors (Lipinski definition) is 4. The summed E-state index contributed by atoms with van der Waals surface area (Å²) < 4.78 is 44.2. The van der Waals surface area contributed by atoms with E-state index in [2.05, 4.69) is 22.2 Å².